The van der Waals surface area contributed by atoms with E-state index in [0.717, 1.165) is 13.0 Å². The van der Waals surface area contributed by atoms with Crippen molar-refractivity contribution in [3.05, 3.63) is 36.6 Å². The lowest BCUT2D eigenvalue weighted by molar-refractivity contribution is 0.120. The Bertz CT molecular complexity index is 493. The van der Waals surface area contributed by atoms with Crippen molar-refractivity contribution in [2.24, 2.45) is 0 Å². The minimum atomic E-state index is 0.411. The Hall–Kier alpha value is -1.02. The molecule has 0 aromatic carbocycles. The van der Waals surface area contributed by atoms with Gasteiger partial charge in [0.25, 0.3) is 0 Å². The third-order valence-corrected chi connectivity index (χ3v) is 6.94. The predicted molar refractivity (Wildman–Crippen MR) is 164 cm³/mol. The zero-order valence-electron chi connectivity index (χ0n) is 25.2. The van der Waals surface area contributed by atoms with Crippen molar-refractivity contribution in [2.75, 3.05) is 20.6 Å². The molecule has 1 unspecified atom stereocenters. The van der Waals surface area contributed by atoms with E-state index >= 15 is 0 Å². The van der Waals surface area contributed by atoms with Gasteiger partial charge in [0.15, 0.2) is 0 Å². The fourth-order valence-corrected chi connectivity index (χ4v) is 4.57. The monoisotopic (exact) mass is 504 g/mol. The topological polar surface area (TPSA) is 12.5 Å². The van der Waals surface area contributed by atoms with Crippen LogP contribution in [0.15, 0.2) is 36.6 Å². The molecule has 0 aromatic rings. The minimum Gasteiger partial charge on any atom is -0.498 e. The van der Waals surface area contributed by atoms with Gasteiger partial charge in [-0.3, -0.25) is 0 Å². The summed E-state index contributed by atoms with van der Waals surface area (Å²) in [5, 5.41) is 0. The Morgan fingerprint density at radius 3 is 1.50 bits per heavy atom. The summed E-state index contributed by atoms with van der Waals surface area (Å²) in [5.41, 5.74) is 0. The second-order valence-electron chi connectivity index (χ2n) is 11.0. The maximum absolute atomic E-state index is 6.16. The predicted octanol–water partition coefficient (Wildman–Crippen LogP) is 11.2. The van der Waals surface area contributed by atoms with Gasteiger partial charge < -0.3 is 9.64 Å². The van der Waals surface area contributed by atoms with Crippen LogP contribution >= 0.6 is 0 Å². The molecule has 0 aliphatic carbocycles. The summed E-state index contributed by atoms with van der Waals surface area (Å²) in [4.78, 5) is 2.18. The molecule has 0 heterocycles. The van der Waals surface area contributed by atoms with Crippen LogP contribution in [-0.4, -0.2) is 31.6 Å². The third kappa shape index (κ3) is 29.2. The first kappa shape index (κ1) is 35.0. The van der Waals surface area contributed by atoms with Gasteiger partial charge in [-0.2, -0.15) is 0 Å². The molecule has 2 heteroatoms. The highest BCUT2D eigenvalue weighted by Crippen LogP contribution is 2.17. The van der Waals surface area contributed by atoms with Crippen LogP contribution in [0.2, 0.25) is 0 Å². The highest BCUT2D eigenvalue weighted by molar-refractivity contribution is 4.92. The van der Waals surface area contributed by atoms with Gasteiger partial charge in [-0.1, -0.05) is 122 Å². The van der Waals surface area contributed by atoms with Crippen molar-refractivity contribution in [3.63, 3.8) is 0 Å². The van der Waals surface area contributed by atoms with Crippen LogP contribution in [0.4, 0.5) is 0 Å². The van der Waals surface area contributed by atoms with E-state index in [1.807, 2.05) is 6.26 Å². The molecule has 2 nitrogen and oxygen atoms in total. The lowest BCUT2D eigenvalue weighted by Gasteiger charge is -2.17. The number of allylic oxidation sites excluding steroid dienone is 4. The van der Waals surface area contributed by atoms with E-state index < -0.39 is 0 Å². The fourth-order valence-electron chi connectivity index (χ4n) is 4.57. The normalized spacial score (nSPS) is 13.1. The van der Waals surface area contributed by atoms with Crippen molar-refractivity contribution in [1.29, 1.82) is 0 Å². The van der Waals surface area contributed by atoms with Crippen molar-refractivity contribution >= 4 is 0 Å². The Morgan fingerprint density at radius 1 is 0.528 bits per heavy atom. The van der Waals surface area contributed by atoms with E-state index in [0.29, 0.717) is 6.10 Å². The van der Waals surface area contributed by atoms with Crippen LogP contribution in [0.3, 0.4) is 0 Å². The number of rotatable bonds is 28. The molecule has 0 spiro atoms. The zero-order chi connectivity index (χ0) is 26.4. The number of ether oxygens (including phenoxy) is 1. The summed E-state index contributed by atoms with van der Waals surface area (Å²) < 4.78 is 6.16. The summed E-state index contributed by atoms with van der Waals surface area (Å²) >= 11 is 0. The second-order valence-corrected chi connectivity index (χ2v) is 11.0. The van der Waals surface area contributed by atoms with Crippen LogP contribution in [0.5, 0.6) is 0 Å². The summed E-state index contributed by atoms with van der Waals surface area (Å²) in [6, 6.07) is 0. The standard InChI is InChI=1S/C34H65NO/c1-5-7-9-11-13-15-16-17-18-19-20-21-22-24-26-28-31-34(36-33-29-32-35(3)4)30-27-25-23-14-12-10-8-6-2/h13,15,17-18,29,33-34H,5-12,14,16,19-28,30-32H2,1-4H3/b15-13-,18-17-,33-29+. The largest absolute Gasteiger partial charge is 0.498 e. The van der Waals surface area contributed by atoms with Crippen molar-refractivity contribution < 1.29 is 4.74 Å². The van der Waals surface area contributed by atoms with Gasteiger partial charge in [-0.05, 0) is 78.0 Å². The minimum absolute atomic E-state index is 0.411. The number of hydrogen-bond acceptors (Lipinski definition) is 2. The summed E-state index contributed by atoms with van der Waals surface area (Å²) in [5.74, 6) is 0. The average Bonchev–Trinajstić information content (AvgIpc) is 2.87. The maximum Gasteiger partial charge on any atom is 0.0978 e. The molecule has 0 rings (SSSR count). The number of unbranched alkanes of at least 4 members (excludes halogenated alkanes) is 16. The van der Waals surface area contributed by atoms with Crippen molar-refractivity contribution in [1.82, 2.24) is 4.90 Å². The molecule has 0 radical (unpaired) electrons. The molecule has 1 atom stereocenters. The first-order valence-electron chi connectivity index (χ1n) is 16.0. The average molecular weight is 504 g/mol. The maximum atomic E-state index is 6.16. The number of likely N-dealkylation sites (N-methyl/N-ethyl adjacent to an activating group) is 1. The van der Waals surface area contributed by atoms with Gasteiger partial charge in [0.2, 0.25) is 0 Å². The van der Waals surface area contributed by atoms with Crippen molar-refractivity contribution in [2.45, 2.75) is 161 Å². The van der Waals surface area contributed by atoms with Crippen LogP contribution in [0, 0.1) is 0 Å². The van der Waals surface area contributed by atoms with E-state index in [9.17, 15) is 0 Å². The lowest BCUT2D eigenvalue weighted by Crippen LogP contribution is -2.12. The third-order valence-electron chi connectivity index (χ3n) is 6.94. The molecule has 0 aromatic heterocycles. The Labute approximate surface area is 228 Å². The molecular formula is C34H65NO. The molecule has 0 fully saturated rings. The van der Waals surface area contributed by atoms with E-state index in [4.69, 9.17) is 4.74 Å². The van der Waals surface area contributed by atoms with Crippen LogP contribution in [0.1, 0.15) is 155 Å². The van der Waals surface area contributed by atoms with Gasteiger partial charge in [0.05, 0.1) is 12.4 Å². The molecule has 0 saturated carbocycles. The molecule has 0 aliphatic heterocycles. The van der Waals surface area contributed by atoms with Crippen LogP contribution in [-0.2, 0) is 4.74 Å². The highest BCUT2D eigenvalue weighted by Gasteiger charge is 2.08. The van der Waals surface area contributed by atoms with Gasteiger partial charge in [0.1, 0.15) is 0 Å². The molecular weight excluding hydrogens is 438 g/mol. The van der Waals surface area contributed by atoms with Crippen molar-refractivity contribution in [3.8, 4) is 0 Å². The molecule has 36 heavy (non-hydrogen) atoms. The first-order chi connectivity index (χ1) is 17.7. The SMILES string of the molecule is CCCCC/C=C\C/C=C\CCCCCCCCC(CCCCCCCCCC)O/C=C/CN(C)C. The number of nitrogens with zero attached hydrogens (tertiary/aromatic N) is 1. The summed E-state index contributed by atoms with van der Waals surface area (Å²) in [6.45, 7) is 5.52. The molecule has 212 valence electrons. The second kappa shape index (κ2) is 30.2. The Balaban J connectivity index is 3.81. The summed E-state index contributed by atoms with van der Waals surface area (Å²) in [6.07, 6.45) is 43.3. The molecule has 0 N–H and O–H groups in total. The Morgan fingerprint density at radius 2 is 0.972 bits per heavy atom. The van der Waals surface area contributed by atoms with Crippen LogP contribution < -0.4 is 0 Å². The van der Waals surface area contributed by atoms with E-state index in [1.54, 1.807) is 0 Å². The quantitative estimate of drug-likeness (QED) is 0.0598. The zero-order valence-corrected chi connectivity index (χ0v) is 25.2. The van der Waals surface area contributed by atoms with Gasteiger partial charge >= 0.3 is 0 Å². The van der Waals surface area contributed by atoms with Gasteiger partial charge in [-0.15, -0.1) is 0 Å². The first-order valence-corrected chi connectivity index (χ1v) is 16.0. The molecule has 0 aliphatic rings. The fraction of sp³-hybridized carbons (Fsp3) is 0.824. The van der Waals surface area contributed by atoms with E-state index in [-0.39, 0.29) is 0 Å². The smallest absolute Gasteiger partial charge is 0.0978 e. The van der Waals surface area contributed by atoms with Gasteiger partial charge in [-0.25, -0.2) is 0 Å². The Kier molecular flexibility index (Phi) is 29.3. The molecule has 0 bridgehead atoms. The van der Waals surface area contributed by atoms with E-state index in [1.165, 1.54) is 135 Å². The van der Waals surface area contributed by atoms with Crippen LogP contribution in [0.25, 0.3) is 0 Å². The molecule has 0 amide bonds. The van der Waals surface area contributed by atoms with E-state index in [2.05, 4.69) is 63.2 Å². The lowest BCUT2D eigenvalue weighted by atomic mass is 10.0. The highest BCUT2D eigenvalue weighted by atomic mass is 16.5. The summed E-state index contributed by atoms with van der Waals surface area (Å²) in [7, 11) is 4.21. The van der Waals surface area contributed by atoms with Gasteiger partial charge in [0, 0.05) is 6.54 Å². The number of hydrogen-bond donors (Lipinski definition) is 0. The molecule has 0 saturated heterocycles.